The number of piperazine rings is 1. The summed E-state index contributed by atoms with van der Waals surface area (Å²) in [6, 6.07) is 15.1. The number of carbonyl (C=O) groups is 2. The first-order valence-corrected chi connectivity index (χ1v) is 9.71. The topological polar surface area (TPSA) is 59.1 Å². The molecule has 4 rings (SSSR count). The van der Waals surface area contributed by atoms with Crippen LogP contribution in [-0.4, -0.2) is 60.5 Å². The Hall–Kier alpha value is -3.02. The van der Waals surface area contributed by atoms with Crippen molar-refractivity contribution >= 4 is 11.8 Å². The van der Waals surface area contributed by atoms with Gasteiger partial charge in [0.15, 0.2) is 11.5 Å². The van der Waals surface area contributed by atoms with E-state index in [2.05, 4.69) is 6.92 Å². The van der Waals surface area contributed by atoms with Gasteiger partial charge in [-0.3, -0.25) is 9.59 Å². The highest BCUT2D eigenvalue weighted by Crippen LogP contribution is 2.31. The molecule has 0 bridgehead atoms. The Morgan fingerprint density at radius 2 is 1.57 bits per heavy atom. The Morgan fingerprint density at radius 3 is 2.25 bits per heavy atom. The van der Waals surface area contributed by atoms with Crippen LogP contribution in [0.5, 0.6) is 11.5 Å². The molecule has 1 fully saturated rings. The van der Waals surface area contributed by atoms with E-state index in [0.717, 1.165) is 6.42 Å². The molecule has 2 aromatic carbocycles. The fraction of sp³-hybridized carbons (Fsp3) is 0.364. The molecule has 6 nitrogen and oxygen atoms in total. The van der Waals surface area contributed by atoms with Gasteiger partial charge in [0.25, 0.3) is 11.8 Å². The molecular formula is C22H24N2O4. The van der Waals surface area contributed by atoms with Gasteiger partial charge < -0.3 is 19.3 Å². The van der Waals surface area contributed by atoms with E-state index in [0.29, 0.717) is 43.2 Å². The molecule has 2 heterocycles. The summed E-state index contributed by atoms with van der Waals surface area (Å²) in [5, 5.41) is 0. The number of rotatable bonds is 3. The molecule has 1 unspecified atom stereocenters. The van der Waals surface area contributed by atoms with E-state index in [-0.39, 0.29) is 18.4 Å². The Kier molecular flexibility index (Phi) is 5.19. The first-order chi connectivity index (χ1) is 13.7. The molecule has 2 amide bonds. The van der Waals surface area contributed by atoms with Crippen LogP contribution in [0.1, 0.15) is 22.8 Å². The molecule has 0 aliphatic carbocycles. The number of hydrogen-bond acceptors (Lipinski definition) is 4. The molecule has 146 valence electrons. The van der Waals surface area contributed by atoms with E-state index in [1.807, 2.05) is 42.5 Å². The molecule has 0 aromatic heterocycles. The Morgan fingerprint density at radius 1 is 0.929 bits per heavy atom. The maximum atomic E-state index is 12.8. The van der Waals surface area contributed by atoms with Crippen molar-refractivity contribution in [3.63, 3.8) is 0 Å². The second-order valence-corrected chi connectivity index (χ2v) is 7.03. The van der Waals surface area contributed by atoms with Crippen LogP contribution >= 0.6 is 0 Å². The van der Waals surface area contributed by atoms with Crippen molar-refractivity contribution in [1.82, 2.24) is 9.80 Å². The quantitative estimate of drug-likeness (QED) is 0.820. The van der Waals surface area contributed by atoms with Crippen molar-refractivity contribution in [1.29, 1.82) is 0 Å². The minimum absolute atomic E-state index is 0.0147. The first kappa shape index (κ1) is 18.3. The van der Waals surface area contributed by atoms with Gasteiger partial charge in [0.1, 0.15) is 6.61 Å². The number of fused-ring (bicyclic) bond motifs is 1. The van der Waals surface area contributed by atoms with Crippen molar-refractivity contribution in [3.05, 3.63) is 59.7 Å². The average Bonchev–Trinajstić information content (AvgIpc) is 2.78. The van der Waals surface area contributed by atoms with Gasteiger partial charge in [0.2, 0.25) is 6.10 Å². The molecule has 0 spiro atoms. The van der Waals surface area contributed by atoms with Crippen LogP contribution in [0.15, 0.2) is 48.5 Å². The number of para-hydroxylation sites is 2. The number of amides is 2. The van der Waals surface area contributed by atoms with Crippen LogP contribution in [0.3, 0.4) is 0 Å². The van der Waals surface area contributed by atoms with Gasteiger partial charge in [-0.25, -0.2) is 0 Å². The minimum atomic E-state index is -0.640. The molecule has 6 heteroatoms. The number of nitrogens with zero attached hydrogens (tertiary/aromatic N) is 2. The number of hydrogen-bond donors (Lipinski definition) is 0. The van der Waals surface area contributed by atoms with Crippen molar-refractivity contribution in [2.45, 2.75) is 19.4 Å². The van der Waals surface area contributed by atoms with Crippen LogP contribution in [-0.2, 0) is 11.2 Å². The second-order valence-electron chi connectivity index (χ2n) is 7.03. The van der Waals surface area contributed by atoms with Gasteiger partial charge in [-0.1, -0.05) is 31.2 Å². The largest absolute Gasteiger partial charge is 0.485 e. The van der Waals surface area contributed by atoms with E-state index < -0.39 is 6.10 Å². The Labute approximate surface area is 164 Å². The van der Waals surface area contributed by atoms with Crippen LogP contribution in [0.4, 0.5) is 0 Å². The maximum absolute atomic E-state index is 12.8. The fourth-order valence-electron chi connectivity index (χ4n) is 3.54. The Bertz CT molecular complexity index is 857. The van der Waals surface area contributed by atoms with E-state index in [1.165, 1.54) is 5.56 Å². The third-order valence-electron chi connectivity index (χ3n) is 5.27. The summed E-state index contributed by atoms with van der Waals surface area (Å²) < 4.78 is 11.5. The molecule has 2 aromatic rings. The molecule has 0 saturated carbocycles. The van der Waals surface area contributed by atoms with Gasteiger partial charge in [-0.2, -0.15) is 0 Å². The first-order valence-electron chi connectivity index (χ1n) is 9.71. The zero-order valence-electron chi connectivity index (χ0n) is 16.0. The normalized spacial score (nSPS) is 18.7. The Balaban J connectivity index is 1.33. The number of aryl methyl sites for hydroxylation is 1. The van der Waals surface area contributed by atoms with E-state index in [9.17, 15) is 9.59 Å². The monoisotopic (exact) mass is 380 g/mol. The average molecular weight is 380 g/mol. The highest BCUT2D eigenvalue weighted by Gasteiger charge is 2.33. The molecule has 28 heavy (non-hydrogen) atoms. The zero-order valence-corrected chi connectivity index (χ0v) is 16.0. The van der Waals surface area contributed by atoms with Gasteiger partial charge in [-0.05, 0) is 36.2 Å². The lowest BCUT2D eigenvalue weighted by Gasteiger charge is -2.37. The van der Waals surface area contributed by atoms with Crippen molar-refractivity contribution in [3.8, 4) is 11.5 Å². The van der Waals surface area contributed by atoms with E-state index >= 15 is 0 Å². The maximum Gasteiger partial charge on any atom is 0.267 e. The predicted molar refractivity (Wildman–Crippen MR) is 105 cm³/mol. The summed E-state index contributed by atoms with van der Waals surface area (Å²) in [4.78, 5) is 29.0. The third kappa shape index (κ3) is 3.67. The van der Waals surface area contributed by atoms with Crippen molar-refractivity contribution in [2.75, 3.05) is 32.8 Å². The summed E-state index contributed by atoms with van der Waals surface area (Å²) >= 11 is 0. The predicted octanol–water partition coefficient (Wildman–Crippen LogP) is 2.37. The molecule has 0 radical (unpaired) electrons. The fourth-order valence-corrected chi connectivity index (χ4v) is 3.54. The number of benzene rings is 2. The van der Waals surface area contributed by atoms with Crippen LogP contribution in [0, 0.1) is 0 Å². The van der Waals surface area contributed by atoms with Crippen molar-refractivity contribution < 1.29 is 19.1 Å². The van der Waals surface area contributed by atoms with Crippen molar-refractivity contribution in [2.24, 2.45) is 0 Å². The lowest BCUT2D eigenvalue weighted by Crippen LogP contribution is -2.55. The highest BCUT2D eigenvalue weighted by molar-refractivity contribution is 5.94. The standard InChI is InChI=1S/C22H24N2O4/c1-2-16-7-9-17(10-8-16)21(25)23-11-13-24(14-12-23)22(26)20-15-27-18-5-3-4-6-19(18)28-20/h3-10,20H,2,11-15H2,1H3. The number of ether oxygens (including phenoxy) is 2. The lowest BCUT2D eigenvalue weighted by molar-refractivity contribution is -0.142. The van der Waals surface area contributed by atoms with Gasteiger partial charge in [0, 0.05) is 31.7 Å². The highest BCUT2D eigenvalue weighted by atomic mass is 16.6. The molecule has 2 aliphatic rings. The smallest absolute Gasteiger partial charge is 0.267 e. The summed E-state index contributed by atoms with van der Waals surface area (Å²) in [6.07, 6.45) is 0.311. The van der Waals surface area contributed by atoms with E-state index in [1.54, 1.807) is 15.9 Å². The summed E-state index contributed by atoms with van der Waals surface area (Å²) in [6.45, 7) is 4.33. The van der Waals surface area contributed by atoms with E-state index in [4.69, 9.17) is 9.47 Å². The van der Waals surface area contributed by atoms with Gasteiger partial charge in [-0.15, -0.1) is 0 Å². The molecule has 0 N–H and O–H groups in total. The molecule has 1 atom stereocenters. The summed E-state index contributed by atoms with van der Waals surface area (Å²) in [7, 11) is 0. The third-order valence-corrected chi connectivity index (χ3v) is 5.27. The number of carbonyl (C=O) groups excluding carboxylic acids is 2. The second kappa shape index (κ2) is 7.92. The molecule has 1 saturated heterocycles. The summed E-state index contributed by atoms with van der Waals surface area (Å²) in [5.41, 5.74) is 1.90. The van der Waals surface area contributed by atoms with Crippen LogP contribution < -0.4 is 9.47 Å². The molecule has 2 aliphatic heterocycles. The lowest BCUT2D eigenvalue weighted by atomic mass is 10.1. The summed E-state index contributed by atoms with van der Waals surface area (Å²) in [5.74, 6) is 1.18. The zero-order chi connectivity index (χ0) is 19.5. The van der Waals surface area contributed by atoms with Gasteiger partial charge >= 0.3 is 0 Å². The van der Waals surface area contributed by atoms with Crippen LogP contribution in [0.25, 0.3) is 0 Å². The van der Waals surface area contributed by atoms with Gasteiger partial charge in [0.05, 0.1) is 0 Å². The minimum Gasteiger partial charge on any atom is -0.485 e. The van der Waals surface area contributed by atoms with Crippen LogP contribution in [0.2, 0.25) is 0 Å². The molecular weight excluding hydrogens is 356 g/mol. The SMILES string of the molecule is CCc1ccc(C(=O)N2CCN(C(=O)C3COc4ccccc4O3)CC2)cc1.